The molecule has 4 heteroatoms. The Bertz CT molecular complexity index is 2440. The predicted octanol–water partition coefficient (Wildman–Crippen LogP) is 12.8. The van der Waals surface area contributed by atoms with E-state index < -0.39 is 0 Å². The zero-order valence-electron chi connectivity index (χ0n) is 30.6. The Morgan fingerprint density at radius 1 is 0.600 bits per heavy atom. The monoisotopic (exact) mass is 658 g/mol. The summed E-state index contributed by atoms with van der Waals surface area (Å²) < 4.78 is 6.72. The first-order valence-corrected chi connectivity index (χ1v) is 17.5. The largest absolute Gasteiger partial charge is 0.507 e. The van der Waals surface area contributed by atoms with E-state index in [1.807, 2.05) is 18.2 Å². The second kappa shape index (κ2) is 12.0. The number of rotatable bonds is 4. The standard InChI is InChI=1S/C46H46N2O2/c1-44(2,3)31-23-30(42(49)38(25-31)46(7,8)9)27-47-40-34-19-13-11-16-29(34)21-22-36(40)43-48-41-37(24-32(45(4,5)6)26-39(41)50-43)35-20-14-17-28-15-10-12-18-33(28)35/h10-27,49H,1-9H3. The number of phenols is 1. The van der Waals surface area contributed by atoms with E-state index in [4.69, 9.17) is 14.4 Å². The van der Waals surface area contributed by atoms with Crippen LogP contribution >= 0.6 is 0 Å². The van der Waals surface area contributed by atoms with Gasteiger partial charge in [-0.2, -0.15) is 0 Å². The quantitative estimate of drug-likeness (QED) is 0.191. The SMILES string of the molecule is CC(C)(C)c1cc(C=Nc2c(-c3nc4c(-c5cccc6ccccc56)cc(C(C)(C)C)cc4o3)ccc3ccccc23)c(O)c(C(C)(C)C)c1. The lowest BCUT2D eigenvalue weighted by Crippen LogP contribution is -2.17. The molecule has 0 atom stereocenters. The molecule has 0 aliphatic heterocycles. The van der Waals surface area contributed by atoms with Crippen molar-refractivity contribution in [3.8, 4) is 28.3 Å². The lowest BCUT2D eigenvalue weighted by atomic mass is 9.79. The van der Waals surface area contributed by atoms with Crippen LogP contribution in [-0.4, -0.2) is 16.3 Å². The van der Waals surface area contributed by atoms with Crippen molar-refractivity contribution < 1.29 is 9.52 Å². The lowest BCUT2D eigenvalue weighted by Gasteiger charge is -2.27. The summed E-state index contributed by atoms with van der Waals surface area (Å²) in [7, 11) is 0. The van der Waals surface area contributed by atoms with Gasteiger partial charge >= 0.3 is 0 Å². The maximum absolute atomic E-state index is 11.6. The molecule has 0 aliphatic carbocycles. The Hall–Kier alpha value is -5.22. The van der Waals surface area contributed by atoms with Crippen molar-refractivity contribution in [2.24, 2.45) is 4.99 Å². The van der Waals surface area contributed by atoms with Crippen molar-refractivity contribution in [3.63, 3.8) is 0 Å². The van der Waals surface area contributed by atoms with E-state index >= 15 is 0 Å². The van der Waals surface area contributed by atoms with Gasteiger partial charge in [-0.15, -0.1) is 0 Å². The summed E-state index contributed by atoms with van der Waals surface area (Å²) >= 11 is 0. The highest BCUT2D eigenvalue weighted by atomic mass is 16.3. The number of phenolic OH excluding ortho intramolecular Hbond substituents is 1. The summed E-state index contributed by atoms with van der Waals surface area (Å²) in [4.78, 5) is 10.4. The molecule has 1 N–H and O–H groups in total. The van der Waals surface area contributed by atoms with Crippen molar-refractivity contribution in [1.29, 1.82) is 0 Å². The summed E-state index contributed by atoms with van der Waals surface area (Å²) in [6.45, 7) is 19.6. The van der Waals surface area contributed by atoms with Crippen molar-refractivity contribution >= 4 is 44.5 Å². The first-order chi connectivity index (χ1) is 23.6. The van der Waals surface area contributed by atoms with Crippen LogP contribution in [0.1, 0.15) is 84.6 Å². The normalized spacial score (nSPS) is 12.9. The van der Waals surface area contributed by atoms with Crippen LogP contribution in [0.2, 0.25) is 0 Å². The van der Waals surface area contributed by atoms with Gasteiger partial charge in [0.25, 0.3) is 0 Å². The van der Waals surface area contributed by atoms with Crippen LogP contribution in [0.5, 0.6) is 5.75 Å². The first-order valence-electron chi connectivity index (χ1n) is 17.5. The molecule has 0 aliphatic rings. The van der Waals surface area contributed by atoms with Gasteiger partial charge in [0.15, 0.2) is 5.58 Å². The van der Waals surface area contributed by atoms with Gasteiger partial charge in [-0.3, -0.25) is 4.99 Å². The minimum absolute atomic E-state index is 0.103. The van der Waals surface area contributed by atoms with Gasteiger partial charge in [0, 0.05) is 28.3 Å². The van der Waals surface area contributed by atoms with E-state index in [9.17, 15) is 5.11 Å². The second-order valence-electron chi connectivity index (χ2n) is 16.6. The van der Waals surface area contributed by atoms with E-state index in [-0.39, 0.29) is 22.0 Å². The molecule has 0 amide bonds. The Labute approximate surface area is 295 Å². The minimum atomic E-state index is -0.246. The first kappa shape index (κ1) is 33.3. The highest BCUT2D eigenvalue weighted by Gasteiger charge is 2.26. The molecule has 50 heavy (non-hydrogen) atoms. The third-order valence-corrected chi connectivity index (χ3v) is 9.72. The van der Waals surface area contributed by atoms with Crippen LogP contribution in [-0.2, 0) is 16.2 Å². The fraction of sp³-hybridized carbons (Fsp3) is 0.261. The summed E-state index contributed by atoms with van der Waals surface area (Å²) in [6, 6.07) is 35.9. The number of fused-ring (bicyclic) bond motifs is 3. The lowest BCUT2D eigenvalue weighted by molar-refractivity contribution is 0.444. The van der Waals surface area contributed by atoms with E-state index in [1.54, 1.807) is 6.21 Å². The number of hydrogen-bond donors (Lipinski definition) is 1. The highest BCUT2D eigenvalue weighted by Crippen LogP contribution is 2.43. The Balaban J connectivity index is 1.47. The van der Waals surface area contributed by atoms with Crippen molar-refractivity contribution in [3.05, 3.63) is 125 Å². The Kier molecular flexibility index (Phi) is 7.98. The smallest absolute Gasteiger partial charge is 0.229 e. The molecule has 7 rings (SSSR count). The highest BCUT2D eigenvalue weighted by molar-refractivity contribution is 6.05. The molecule has 1 heterocycles. The molecule has 0 spiro atoms. The third-order valence-electron chi connectivity index (χ3n) is 9.72. The second-order valence-corrected chi connectivity index (χ2v) is 16.6. The van der Waals surface area contributed by atoms with Crippen LogP contribution in [0.15, 0.2) is 113 Å². The number of hydrogen-bond acceptors (Lipinski definition) is 4. The molecule has 0 unspecified atom stereocenters. The number of nitrogens with zero attached hydrogens (tertiary/aromatic N) is 2. The Morgan fingerprint density at radius 3 is 1.90 bits per heavy atom. The predicted molar refractivity (Wildman–Crippen MR) is 211 cm³/mol. The number of aromatic hydroxyl groups is 1. The van der Waals surface area contributed by atoms with Crippen molar-refractivity contribution in [2.75, 3.05) is 0 Å². The molecule has 4 nitrogen and oxygen atoms in total. The molecule has 7 aromatic rings. The molecule has 0 saturated heterocycles. The molecular weight excluding hydrogens is 613 g/mol. The van der Waals surface area contributed by atoms with Gasteiger partial charge < -0.3 is 9.52 Å². The van der Waals surface area contributed by atoms with Gasteiger partial charge in [-0.25, -0.2) is 4.98 Å². The zero-order chi connectivity index (χ0) is 35.6. The summed E-state index contributed by atoms with van der Waals surface area (Å²) in [5, 5.41) is 16.0. The average molecular weight is 659 g/mol. The van der Waals surface area contributed by atoms with Crippen molar-refractivity contribution in [2.45, 2.75) is 78.6 Å². The fourth-order valence-electron chi connectivity index (χ4n) is 6.70. The van der Waals surface area contributed by atoms with Crippen LogP contribution in [0, 0.1) is 0 Å². The van der Waals surface area contributed by atoms with Crippen LogP contribution in [0.3, 0.4) is 0 Å². The summed E-state index contributed by atoms with van der Waals surface area (Å²) in [5.41, 5.74) is 8.72. The molecule has 1 aromatic heterocycles. The number of aromatic nitrogens is 1. The number of aliphatic imine (C=N–C) groups is 1. The molecule has 0 saturated carbocycles. The molecule has 6 aromatic carbocycles. The fourth-order valence-corrected chi connectivity index (χ4v) is 6.70. The summed E-state index contributed by atoms with van der Waals surface area (Å²) in [5.74, 6) is 0.765. The summed E-state index contributed by atoms with van der Waals surface area (Å²) in [6.07, 6.45) is 1.80. The van der Waals surface area contributed by atoms with Crippen LogP contribution in [0.25, 0.3) is 55.2 Å². The molecular formula is C46H46N2O2. The Morgan fingerprint density at radius 2 is 1.22 bits per heavy atom. The number of oxazole rings is 1. The van der Waals surface area contributed by atoms with Gasteiger partial charge in [0.1, 0.15) is 11.3 Å². The maximum atomic E-state index is 11.6. The van der Waals surface area contributed by atoms with Gasteiger partial charge in [-0.1, -0.05) is 141 Å². The van der Waals surface area contributed by atoms with Crippen molar-refractivity contribution in [1.82, 2.24) is 4.98 Å². The minimum Gasteiger partial charge on any atom is -0.507 e. The molecule has 0 radical (unpaired) electrons. The molecule has 0 fully saturated rings. The van der Waals surface area contributed by atoms with Crippen LogP contribution in [0.4, 0.5) is 5.69 Å². The van der Waals surface area contributed by atoms with E-state index in [2.05, 4.69) is 147 Å². The van der Waals surface area contributed by atoms with E-state index in [0.717, 1.165) is 55.4 Å². The van der Waals surface area contributed by atoms with Gasteiger partial charge in [-0.05, 0) is 73.4 Å². The molecule has 252 valence electrons. The number of benzene rings is 6. The molecule has 0 bridgehead atoms. The van der Waals surface area contributed by atoms with E-state index in [1.165, 1.54) is 16.3 Å². The topological polar surface area (TPSA) is 58.6 Å². The average Bonchev–Trinajstić information content (AvgIpc) is 3.50. The van der Waals surface area contributed by atoms with Crippen LogP contribution < -0.4 is 0 Å². The maximum Gasteiger partial charge on any atom is 0.229 e. The zero-order valence-corrected chi connectivity index (χ0v) is 30.6. The van der Waals surface area contributed by atoms with Gasteiger partial charge in [0.05, 0.1) is 11.3 Å². The van der Waals surface area contributed by atoms with Gasteiger partial charge in [0.2, 0.25) is 5.89 Å². The van der Waals surface area contributed by atoms with E-state index in [0.29, 0.717) is 11.5 Å². The third kappa shape index (κ3) is 6.08.